The Balaban J connectivity index is 1.88. The monoisotopic (exact) mass is 401 g/mol. The van der Waals surface area contributed by atoms with E-state index < -0.39 is 12.5 Å². The van der Waals surface area contributed by atoms with Gasteiger partial charge < -0.3 is 10.1 Å². The maximum absolute atomic E-state index is 12.4. The molecule has 130 valence electrons. The Labute approximate surface area is 147 Å². The van der Waals surface area contributed by atoms with Gasteiger partial charge in [0.25, 0.3) is 5.91 Å². The van der Waals surface area contributed by atoms with E-state index in [1.807, 2.05) is 18.5 Å². The van der Waals surface area contributed by atoms with Gasteiger partial charge in [0.1, 0.15) is 5.75 Å². The molecule has 0 spiro atoms. The van der Waals surface area contributed by atoms with Crippen molar-refractivity contribution in [2.45, 2.75) is 33.4 Å². The summed E-state index contributed by atoms with van der Waals surface area (Å²) in [6, 6.07) is 5.93. The number of hydrogen-bond acceptors (Lipinski definition) is 3. The fourth-order valence-corrected chi connectivity index (χ4v) is 2.56. The standard InChI is InChI=1S/C16H18BrF2N3O2/c1-10-14(17)11(2)22(21-10)9-5-8-20-15(23)12-6-3-4-7-13(12)24-16(18)19/h3-4,6-7,16H,5,8-9H2,1-2H3,(H,20,23). The van der Waals surface area contributed by atoms with E-state index in [0.29, 0.717) is 19.5 Å². The second kappa shape index (κ2) is 8.23. The zero-order valence-corrected chi connectivity index (χ0v) is 14.9. The van der Waals surface area contributed by atoms with Crippen LogP contribution in [0.15, 0.2) is 28.7 Å². The number of aryl methyl sites for hydroxylation is 2. The van der Waals surface area contributed by atoms with Crippen LogP contribution in [0.5, 0.6) is 5.75 Å². The second-order valence-electron chi connectivity index (χ2n) is 5.19. The normalized spacial score (nSPS) is 10.9. The number of rotatable bonds is 7. The van der Waals surface area contributed by atoms with E-state index in [9.17, 15) is 13.6 Å². The zero-order valence-electron chi connectivity index (χ0n) is 13.4. The lowest BCUT2D eigenvalue weighted by molar-refractivity contribution is -0.0501. The molecule has 0 saturated carbocycles. The number of benzene rings is 1. The van der Waals surface area contributed by atoms with Gasteiger partial charge in [-0.15, -0.1) is 0 Å². The Morgan fingerprint density at radius 3 is 2.71 bits per heavy atom. The summed E-state index contributed by atoms with van der Waals surface area (Å²) in [6.07, 6.45) is 0.665. The van der Waals surface area contributed by atoms with Crippen molar-refractivity contribution in [1.29, 1.82) is 0 Å². The number of nitrogens with zero attached hydrogens (tertiary/aromatic N) is 2. The van der Waals surface area contributed by atoms with Gasteiger partial charge in [0.05, 0.1) is 15.7 Å². The number of alkyl halides is 2. The smallest absolute Gasteiger partial charge is 0.387 e. The van der Waals surface area contributed by atoms with Crippen LogP contribution in [-0.4, -0.2) is 28.8 Å². The predicted octanol–water partition coefficient (Wildman–Crippen LogP) is 3.68. The van der Waals surface area contributed by atoms with Gasteiger partial charge in [-0.3, -0.25) is 9.48 Å². The molecule has 0 bridgehead atoms. The average Bonchev–Trinajstić information content (AvgIpc) is 2.78. The van der Waals surface area contributed by atoms with Crippen LogP contribution in [0.2, 0.25) is 0 Å². The van der Waals surface area contributed by atoms with Crippen LogP contribution < -0.4 is 10.1 Å². The largest absolute Gasteiger partial charge is 0.434 e. The molecule has 24 heavy (non-hydrogen) atoms. The first-order valence-electron chi connectivity index (χ1n) is 7.41. The first kappa shape index (κ1) is 18.4. The van der Waals surface area contributed by atoms with Gasteiger partial charge in [-0.05, 0) is 48.3 Å². The number of hydrogen-bond donors (Lipinski definition) is 1. The van der Waals surface area contributed by atoms with Gasteiger partial charge in [0, 0.05) is 18.8 Å². The molecule has 2 aromatic rings. The van der Waals surface area contributed by atoms with Crippen LogP contribution >= 0.6 is 15.9 Å². The maximum Gasteiger partial charge on any atom is 0.387 e. The van der Waals surface area contributed by atoms with Gasteiger partial charge in [0.15, 0.2) is 0 Å². The molecule has 0 radical (unpaired) electrons. The van der Waals surface area contributed by atoms with Gasteiger partial charge in [-0.2, -0.15) is 13.9 Å². The molecule has 1 amide bonds. The summed E-state index contributed by atoms with van der Waals surface area (Å²) in [7, 11) is 0. The van der Waals surface area contributed by atoms with E-state index >= 15 is 0 Å². The number of halogens is 3. The number of nitrogens with one attached hydrogen (secondary N) is 1. The van der Waals surface area contributed by atoms with Gasteiger partial charge in [-0.25, -0.2) is 0 Å². The Bertz CT molecular complexity index is 719. The molecule has 0 aliphatic heterocycles. The molecule has 1 aromatic heterocycles. The molecule has 0 fully saturated rings. The third-order valence-electron chi connectivity index (χ3n) is 3.47. The number of carbonyl (C=O) groups is 1. The quantitative estimate of drug-likeness (QED) is 0.719. The fraction of sp³-hybridized carbons (Fsp3) is 0.375. The number of amides is 1. The Kier molecular flexibility index (Phi) is 6.30. The van der Waals surface area contributed by atoms with Gasteiger partial charge in [0.2, 0.25) is 0 Å². The SMILES string of the molecule is Cc1nn(CCCNC(=O)c2ccccc2OC(F)F)c(C)c1Br. The summed E-state index contributed by atoms with van der Waals surface area (Å²) in [5.74, 6) is -0.576. The summed E-state index contributed by atoms with van der Waals surface area (Å²) in [4.78, 5) is 12.1. The molecule has 1 aromatic carbocycles. The molecule has 1 N–H and O–H groups in total. The van der Waals surface area contributed by atoms with Crippen molar-refractivity contribution < 1.29 is 18.3 Å². The highest BCUT2D eigenvalue weighted by atomic mass is 79.9. The summed E-state index contributed by atoms with van der Waals surface area (Å²) in [6.45, 7) is 1.95. The molecule has 0 aliphatic rings. The van der Waals surface area contributed by atoms with Gasteiger partial charge in [-0.1, -0.05) is 12.1 Å². The maximum atomic E-state index is 12.4. The summed E-state index contributed by atoms with van der Waals surface area (Å²) < 4.78 is 31.9. The molecule has 0 atom stereocenters. The highest BCUT2D eigenvalue weighted by Gasteiger charge is 2.15. The lowest BCUT2D eigenvalue weighted by Crippen LogP contribution is -2.26. The fourth-order valence-electron chi connectivity index (χ4n) is 2.27. The van der Waals surface area contributed by atoms with Crippen molar-refractivity contribution in [3.8, 4) is 5.75 Å². The van der Waals surface area contributed by atoms with Crippen molar-refractivity contribution in [2.24, 2.45) is 0 Å². The Morgan fingerprint density at radius 2 is 2.08 bits per heavy atom. The van der Waals surface area contributed by atoms with E-state index in [0.717, 1.165) is 15.9 Å². The molecule has 5 nitrogen and oxygen atoms in total. The summed E-state index contributed by atoms with van der Waals surface area (Å²) >= 11 is 3.46. The number of ether oxygens (including phenoxy) is 1. The third-order valence-corrected chi connectivity index (χ3v) is 4.62. The van der Waals surface area contributed by atoms with Crippen LogP contribution in [-0.2, 0) is 6.54 Å². The molecule has 1 heterocycles. The van der Waals surface area contributed by atoms with E-state index in [1.54, 1.807) is 6.07 Å². The molecule has 8 heteroatoms. The topological polar surface area (TPSA) is 56.2 Å². The van der Waals surface area contributed by atoms with Crippen LogP contribution in [0, 0.1) is 13.8 Å². The second-order valence-corrected chi connectivity index (χ2v) is 5.99. The Morgan fingerprint density at radius 1 is 1.38 bits per heavy atom. The molecular formula is C16H18BrF2N3O2. The minimum atomic E-state index is -2.97. The lowest BCUT2D eigenvalue weighted by Gasteiger charge is -2.11. The highest BCUT2D eigenvalue weighted by molar-refractivity contribution is 9.10. The molecular weight excluding hydrogens is 384 g/mol. The molecule has 0 saturated heterocycles. The average molecular weight is 402 g/mol. The Hall–Kier alpha value is -1.96. The number of carbonyl (C=O) groups excluding carboxylic acids is 1. The zero-order chi connectivity index (χ0) is 17.7. The van der Waals surface area contributed by atoms with Crippen LogP contribution in [0.1, 0.15) is 28.2 Å². The van der Waals surface area contributed by atoms with Crippen molar-refractivity contribution >= 4 is 21.8 Å². The van der Waals surface area contributed by atoms with Crippen molar-refractivity contribution in [3.05, 3.63) is 45.7 Å². The van der Waals surface area contributed by atoms with Crippen molar-refractivity contribution in [3.63, 3.8) is 0 Å². The molecule has 2 rings (SSSR count). The van der Waals surface area contributed by atoms with Crippen molar-refractivity contribution in [1.82, 2.24) is 15.1 Å². The minimum absolute atomic E-state index is 0.0895. The van der Waals surface area contributed by atoms with E-state index in [1.165, 1.54) is 18.2 Å². The van der Waals surface area contributed by atoms with Crippen molar-refractivity contribution in [2.75, 3.05) is 6.54 Å². The first-order chi connectivity index (χ1) is 11.4. The van der Waals surface area contributed by atoms with Crippen LogP contribution in [0.4, 0.5) is 8.78 Å². The van der Waals surface area contributed by atoms with Crippen LogP contribution in [0.3, 0.4) is 0 Å². The summed E-state index contributed by atoms with van der Waals surface area (Å²) in [5.41, 5.74) is 2.02. The molecule has 0 unspecified atom stereocenters. The number of para-hydroxylation sites is 1. The van der Waals surface area contributed by atoms with E-state index in [-0.39, 0.29) is 11.3 Å². The third kappa shape index (κ3) is 4.53. The summed E-state index contributed by atoms with van der Waals surface area (Å²) in [5, 5.41) is 7.09. The minimum Gasteiger partial charge on any atom is -0.434 e. The lowest BCUT2D eigenvalue weighted by atomic mass is 10.2. The highest BCUT2D eigenvalue weighted by Crippen LogP contribution is 2.21. The van der Waals surface area contributed by atoms with Gasteiger partial charge >= 0.3 is 6.61 Å². The van der Waals surface area contributed by atoms with E-state index in [2.05, 4.69) is 31.1 Å². The molecule has 0 aliphatic carbocycles. The first-order valence-corrected chi connectivity index (χ1v) is 8.21. The predicted molar refractivity (Wildman–Crippen MR) is 89.4 cm³/mol. The van der Waals surface area contributed by atoms with E-state index in [4.69, 9.17) is 0 Å². The van der Waals surface area contributed by atoms with Crippen LogP contribution in [0.25, 0.3) is 0 Å². The number of aromatic nitrogens is 2.